The van der Waals surface area contributed by atoms with E-state index in [9.17, 15) is 9.18 Å². The molecule has 0 saturated carbocycles. The molecule has 0 heterocycles. The highest BCUT2D eigenvalue weighted by molar-refractivity contribution is 9.10. The van der Waals surface area contributed by atoms with Gasteiger partial charge in [0.2, 0.25) is 0 Å². The second-order valence-corrected chi connectivity index (χ2v) is 5.35. The van der Waals surface area contributed by atoms with Gasteiger partial charge in [0.25, 0.3) is 5.91 Å². The molecule has 2 aromatic rings. The second-order valence-electron chi connectivity index (χ2n) is 4.50. The Morgan fingerprint density at radius 2 is 2.05 bits per heavy atom. The first-order valence-corrected chi connectivity index (χ1v) is 6.85. The fourth-order valence-electron chi connectivity index (χ4n) is 1.77. The number of hydrogen-bond acceptors (Lipinski definition) is 2. The highest BCUT2D eigenvalue weighted by atomic mass is 79.9. The van der Waals surface area contributed by atoms with E-state index in [-0.39, 0.29) is 5.56 Å². The van der Waals surface area contributed by atoms with Crippen LogP contribution in [0, 0.1) is 12.7 Å². The van der Waals surface area contributed by atoms with Crippen LogP contribution in [0.1, 0.15) is 21.5 Å². The number of halogens is 2. The van der Waals surface area contributed by atoms with Crippen molar-refractivity contribution in [2.45, 2.75) is 13.5 Å². The van der Waals surface area contributed by atoms with Crippen molar-refractivity contribution in [1.82, 2.24) is 0 Å². The molecule has 0 atom stereocenters. The molecule has 3 N–H and O–H groups in total. The zero-order valence-corrected chi connectivity index (χ0v) is 12.5. The van der Waals surface area contributed by atoms with E-state index >= 15 is 0 Å². The smallest absolute Gasteiger partial charge is 0.251 e. The first-order chi connectivity index (χ1) is 9.47. The van der Waals surface area contributed by atoms with Gasteiger partial charge < -0.3 is 11.1 Å². The quantitative estimate of drug-likeness (QED) is 0.896. The van der Waals surface area contributed by atoms with E-state index in [1.54, 1.807) is 6.07 Å². The third kappa shape index (κ3) is 3.36. The standard InChI is InChI=1S/C15H14BrFN2O/c1-9-2-3-10(6-13(9)16)8-19-11-4-5-14(17)12(7-11)15(18)20/h2-7,19H,8H2,1H3,(H2,18,20). The summed E-state index contributed by atoms with van der Waals surface area (Å²) in [4.78, 5) is 11.1. The summed E-state index contributed by atoms with van der Waals surface area (Å²) in [6.45, 7) is 2.59. The van der Waals surface area contributed by atoms with E-state index in [1.165, 1.54) is 12.1 Å². The largest absolute Gasteiger partial charge is 0.381 e. The van der Waals surface area contributed by atoms with Crippen LogP contribution in [-0.4, -0.2) is 5.91 Å². The van der Waals surface area contributed by atoms with Gasteiger partial charge in [0.15, 0.2) is 0 Å². The Morgan fingerprint density at radius 3 is 2.70 bits per heavy atom. The summed E-state index contributed by atoms with van der Waals surface area (Å²) in [7, 11) is 0. The van der Waals surface area contributed by atoms with Crippen LogP contribution in [0.4, 0.5) is 10.1 Å². The maximum Gasteiger partial charge on any atom is 0.251 e. The maximum atomic E-state index is 13.3. The Balaban J connectivity index is 2.12. The number of rotatable bonds is 4. The topological polar surface area (TPSA) is 55.1 Å². The van der Waals surface area contributed by atoms with Gasteiger partial charge in [-0.3, -0.25) is 4.79 Å². The first-order valence-electron chi connectivity index (χ1n) is 6.05. The number of benzene rings is 2. The number of aryl methyl sites for hydroxylation is 1. The normalized spacial score (nSPS) is 10.3. The van der Waals surface area contributed by atoms with Crippen LogP contribution >= 0.6 is 15.9 Å². The third-order valence-corrected chi connectivity index (χ3v) is 3.82. The van der Waals surface area contributed by atoms with Gasteiger partial charge in [0.1, 0.15) is 5.82 Å². The molecule has 0 radical (unpaired) electrons. The van der Waals surface area contributed by atoms with Crippen molar-refractivity contribution in [3.8, 4) is 0 Å². The van der Waals surface area contributed by atoms with Gasteiger partial charge in [0.05, 0.1) is 5.56 Å². The molecular weight excluding hydrogens is 323 g/mol. The summed E-state index contributed by atoms with van der Waals surface area (Å²) < 4.78 is 14.4. The number of nitrogens with two attached hydrogens (primary N) is 1. The molecule has 0 aliphatic rings. The van der Waals surface area contributed by atoms with Crippen LogP contribution < -0.4 is 11.1 Å². The number of anilines is 1. The summed E-state index contributed by atoms with van der Waals surface area (Å²) in [6.07, 6.45) is 0. The molecule has 104 valence electrons. The van der Waals surface area contributed by atoms with Crippen LogP contribution in [0.15, 0.2) is 40.9 Å². The zero-order valence-electron chi connectivity index (χ0n) is 10.9. The molecule has 0 aromatic heterocycles. The van der Waals surface area contributed by atoms with Gasteiger partial charge in [-0.1, -0.05) is 28.1 Å². The Morgan fingerprint density at radius 1 is 1.30 bits per heavy atom. The maximum absolute atomic E-state index is 13.3. The van der Waals surface area contributed by atoms with Crippen molar-refractivity contribution >= 4 is 27.5 Å². The van der Waals surface area contributed by atoms with E-state index < -0.39 is 11.7 Å². The Bertz CT molecular complexity index is 658. The molecule has 2 rings (SSSR count). The molecule has 2 aromatic carbocycles. The number of amides is 1. The van der Waals surface area contributed by atoms with Crippen LogP contribution in [0.5, 0.6) is 0 Å². The average Bonchev–Trinajstić information content (AvgIpc) is 2.41. The molecule has 0 aliphatic heterocycles. The molecular formula is C15H14BrFN2O. The minimum absolute atomic E-state index is 0.111. The summed E-state index contributed by atoms with van der Waals surface area (Å²) in [6, 6.07) is 10.3. The third-order valence-electron chi connectivity index (χ3n) is 2.96. The van der Waals surface area contributed by atoms with Crippen molar-refractivity contribution in [1.29, 1.82) is 0 Å². The van der Waals surface area contributed by atoms with Gasteiger partial charge >= 0.3 is 0 Å². The molecule has 5 heteroatoms. The lowest BCUT2D eigenvalue weighted by molar-refractivity contribution is 0.0996. The SMILES string of the molecule is Cc1ccc(CNc2ccc(F)c(C(N)=O)c2)cc1Br. The Kier molecular flexibility index (Phi) is 4.39. The number of nitrogens with one attached hydrogen (secondary N) is 1. The number of carbonyl (C=O) groups excluding carboxylic acids is 1. The lowest BCUT2D eigenvalue weighted by Crippen LogP contribution is -2.13. The fraction of sp³-hybridized carbons (Fsp3) is 0.133. The molecule has 0 unspecified atom stereocenters. The molecule has 0 bridgehead atoms. The molecule has 1 amide bonds. The molecule has 20 heavy (non-hydrogen) atoms. The molecule has 0 aliphatic carbocycles. The zero-order chi connectivity index (χ0) is 14.7. The number of hydrogen-bond donors (Lipinski definition) is 2. The Labute approximate surface area is 125 Å². The molecule has 3 nitrogen and oxygen atoms in total. The van der Waals surface area contributed by atoms with Crippen molar-refractivity contribution in [3.05, 3.63) is 63.4 Å². The first kappa shape index (κ1) is 14.5. The lowest BCUT2D eigenvalue weighted by atomic mass is 10.1. The van der Waals surface area contributed by atoms with Crippen molar-refractivity contribution in [3.63, 3.8) is 0 Å². The highest BCUT2D eigenvalue weighted by Crippen LogP contribution is 2.19. The van der Waals surface area contributed by atoms with Crippen molar-refractivity contribution in [2.24, 2.45) is 5.73 Å². The minimum atomic E-state index is -0.774. The van der Waals surface area contributed by atoms with Crippen molar-refractivity contribution in [2.75, 3.05) is 5.32 Å². The summed E-state index contributed by atoms with van der Waals surface area (Å²) >= 11 is 3.47. The van der Waals surface area contributed by atoms with Gasteiger partial charge in [-0.15, -0.1) is 0 Å². The number of carbonyl (C=O) groups is 1. The van der Waals surface area contributed by atoms with E-state index in [2.05, 4.69) is 21.2 Å². The van der Waals surface area contributed by atoms with E-state index in [0.717, 1.165) is 15.6 Å². The summed E-state index contributed by atoms with van der Waals surface area (Å²) in [5, 5.41) is 3.13. The monoisotopic (exact) mass is 336 g/mol. The van der Waals surface area contributed by atoms with Gasteiger partial charge in [-0.2, -0.15) is 0 Å². The Hall–Kier alpha value is -1.88. The highest BCUT2D eigenvalue weighted by Gasteiger charge is 2.08. The van der Waals surface area contributed by atoms with E-state index in [1.807, 2.05) is 25.1 Å². The fourth-order valence-corrected chi connectivity index (χ4v) is 2.20. The van der Waals surface area contributed by atoms with E-state index in [4.69, 9.17) is 5.73 Å². The van der Waals surface area contributed by atoms with E-state index in [0.29, 0.717) is 12.2 Å². The second kappa shape index (κ2) is 6.05. The predicted molar refractivity (Wildman–Crippen MR) is 81.1 cm³/mol. The van der Waals surface area contributed by atoms with Crippen LogP contribution in [0.2, 0.25) is 0 Å². The van der Waals surface area contributed by atoms with Crippen LogP contribution in [0.3, 0.4) is 0 Å². The number of primary amides is 1. The van der Waals surface area contributed by atoms with Gasteiger partial charge in [-0.25, -0.2) is 4.39 Å². The summed E-state index contributed by atoms with van der Waals surface area (Å²) in [5.74, 6) is -1.38. The average molecular weight is 337 g/mol. The van der Waals surface area contributed by atoms with Gasteiger partial charge in [-0.05, 0) is 42.3 Å². The molecule has 0 spiro atoms. The van der Waals surface area contributed by atoms with Gasteiger partial charge in [0, 0.05) is 16.7 Å². The summed E-state index contributed by atoms with van der Waals surface area (Å²) in [5.41, 5.74) is 7.89. The minimum Gasteiger partial charge on any atom is -0.381 e. The molecule has 0 saturated heterocycles. The van der Waals surface area contributed by atoms with Crippen molar-refractivity contribution < 1.29 is 9.18 Å². The molecule has 0 fully saturated rings. The van der Waals surface area contributed by atoms with Crippen LogP contribution in [-0.2, 0) is 6.54 Å². The predicted octanol–water partition coefficient (Wildman–Crippen LogP) is 3.61. The van der Waals surface area contributed by atoms with Crippen LogP contribution in [0.25, 0.3) is 0 Å². The lowest BCUT2D eigenvalue weighted by Gasteiger charge is -2.09.